The number of nitrogens with two attached hydrogens (primary N) is 1. The third kappa shape index (κ3) is 5.38. The van der Waals surface area contributed by atoms with E-state index in [0.717, 1.165) is 30.1 Å². The van der Waals surface area contributed by atoms with Crippen LogP contribution in [0.3, 0.4) is 0 Å². The maximum Gasteiger partial charge on any atom is 0.319 e. The van der Waals surface area contributed by atoms with E-state index in [2.05, 4.69) is 10.6 Å². The zero-order chi connectivity index (χ0) is 15.1. The highest BCUT2D eigenvalue weighted by atomic mass is 16.2. The molecule has 0 spiro atoms. The molecule has 1 unspecified atom stereocenters. The Morgan fingerprint density at radius 3 is 2.81 bits per heavy atom. The first-order chi connectivity index (χ1) is 10.1. The van der Waals surface area contributed by atoms with Gasteiger partial charge >= 0.3 is 6.03 Å². The molecule has 4 heteroatoms. The minimum Gasteiger partial charge on any atom is -0.338 e. The van der Waals surface area contributed by atoms with Crippen molar-refractivity contribution >= 4 is 11.7 Å². The minimum absolute atomic E-state index is 0.0267. The largest absolute Gasteiger partial charge is 0.338 e. The number of urea groups is 1. The van der Waals surface area contributed by atoms with Crippen LogP contribution in [0, 0.1) is 5.92 Å². The first kappa shape index (κ1) is 15.8. The SMILES string of the molecule is CC(N)c1cccc(NC(=O)NCCC2CCCCC2)c1. The summed E-state index contributed by atoms with van der Waals surface area (Å²) in [5.41, 5.74) is 7.66. The number of amides is 2. The Bertz CT molecular complexity index is 453. The van der Waals surface area contributed by atoms with Crippen molar-refractivity contribution in [2.24, 2.45) is 11.7 Å². The van der Waals surface area contributed by atoms with E-state index in [4.69, 9.17) is 5.73 Å². The van der Waals surface area contributed by atoms with Gasteiger partial charge in [-0.1, -0.05) is 44.2 Å². The van der Waals surface area contributed by atoms with E-state index < -0.39 is 0 Å². The molecular weight excluding hydrogens is 262 g/mol. The van der Waals surface area contributed by atoms with Gasteiger partial charge in [-0.05, 0) is 37.0 Å². The Balaban J connectivity index is 1.72. The molecule has 2 rings (SSSR count). The second-order valence-electron chi connectivity index (χ2n) is 6.09. The number of carbonyl (C=O) groups excluding carboxylic acids is 1. The molecule has 1 aromatic rings. The second kappa shape index (κ2) is 8.03. The van der Waals surface area contributed by atoms with Crippen LogP contribution in [0.2, 0.25) is 0 Å². The van der Waals surface area contributed by atoms with E-state index in [1.165, 1.54) is 32.1 Å². The fourth-order valence-corrected chi connectivity index (χ4v) is 2.94. The van der Waals surface area contributed by atoms with E-state index in [-0.39, 0.29) is 12.1 Å². The Kier molecular flexibility index (Phi) is 6.05. The van der Waals surface area contributed by atoms with Crippen LogP contribution < -0.4 is 16.4 Å². The second-order valence-corrected chi connectivity index (χ2v) is 6.09. The topological polar surface area (TPSA) is 67.1 Å². The van der Waals surface area contributed by atoms with Gasteiger partial charge < -0.3 is 16.4 Å². The summed E-state index contributed by atoms with van der Waals surface area (Å²) in [7, 11) is 0. The lowest BCUT2D eigenvalue weighted by Gasteiger charge is -2.21. The zero-order valence-electron chi connectivity index (χ0n) is 12.9. The molecule has 4 N–H and O–H groups in total. The van der Waals surface area contributed by atoms with Crippen molar-refractivity contribution in [3.8, 4) is 0 Å². The molecule has 1 saturated carbocycles. The van der Waals surface area contributed by atoms with Crippen molar-refractivity contribution in [1.29, 1.82) is 0 Å². The Hall–Kier alpha value is -1.55. The summed E-state index contributed by atoms with van der Waals surface area (Å²) in [4.78, 5) is 11.9. The van der Waals surface area contributed by atoms with Crippen molar-refractivity contribution < 1.29 is 4.79 Å². The van der Waals surface area contributed by atoms with E-state index in [1.54, 1.807) is 0 Å². The Morgan fingerprint density at radius 1 is 1.33 bits per heavy atom. The van der Waals surface area contributed by atoms with Crippen LogP contribution in [0.15, 0.2) is 24.3 Å². The van der Waals surface area contributed by atoms with Crippen LogP contribution >= 0.6 is 0 Å². The average molecular weight is 289 g/mol. The molecule has 1 aliphatic carbocycles. The van der Waals surface area contributed by atoms with Gasteiger partial charge in [0, 0.05) is 18.3 Å². The van der Waals surface area contributed by atoms with Crippen LogP contribution in [0.25, 0.3) is 0 Å². The fourth-order valence-electron chi connectivity index (χ4n) is 2.94. The van der Waals surface area contributed by atoms with Gasteiger partial charge in [0.05, 0.1) is 0 Å². The van der Waals surface area contributed by atoms with E-state index in [0.29, 0.717) is 0 Å². The summed E-state index contributed by atoms with van der Waals surface area (Å²) in [5.74, 6) is 0.792. The molecule has 1 atom stereocenters. The van der Waals surface area contributed by atoms with Crippen molar-refractivity contribution in [3.05, 3.63) is 29.8 Å². The van der Waals surface area contributed by atoms with Crippen molar-refractivity contribution in [2.45, 2.75) is 51.5 Å². The van der Waals surface area contributed by atoms with Gasteiger partial charge in [0.1, 0.15) is 0 Å². The molecule has 116 valence electrons. The van der Waals surface area contributed by atoms with Crippen LogP contribution in [0.1, 0.15) is 57.1 Å². The van der Waals surface area contributed by atoms with Gasteiger partial charge in [-0.3, -0.25) is 0 Å². The average Bonchev–Trinajstić information content (AvgIpc) is 2.48. The number of carbonyl (C=O) groups is 1. The molecule has 0 saturated heterocycles. The molecule has 0 radical (unpaired) electrons. The lowest BCUT2D eigenvalue weighted by Crippen LogP contribution is -2.30. The molecule has 0 aromatic heterocycles. The number of hydrogen-bond acceptors (Lipinski definition) is 2. The predicted octanol–water partition coefficient (Wildman–Crippen LogP) is 3.80. The molecule has 21 heavy (non-hydrogen) atoms. The van der Waals surface area contributed by atoms with Crippen LogP contribution in [-0.4, -0.2) is 12.6 Å². The standard InChI is InChI=1S/C17H27N3O/c1-13(18)15-8-5-9-16(12-15)20-17(21)19-11-10-14-6-3-2-4-7-14/h5,8-9,12-14H,2-4,6-7,10-11,18H2,1H3,(H2,19,20,21). The van der Waals surface area contributed by atoms with Crippen LogP contribution in [0.4, 0.5) is 10.5 Å². The summed E-state index contributed by atoms with van der Waals surface area (Å²) in [6.45, 7) is 2.69. The number of benzene rings is 1. The van der Waals surface area contributed by atoms with E-state index in [1.807, 2.05) is 31.2 Å². The summed E-state index contributed by atoms with van der Waals surface area (Å²) in [6.07, 6.45) is 7.80. The molecule has 4 nitrogen and oxygen atoms in total. The molecule has 0 aliphatic heterocycles. The van der Waals surface area contributed by atoms with Gasteiger partial charge in [-0.15, -0.1) is 0 Å². The molecule has 2 amide bonds. The smallest absolute Gasteiger partial charge is 0.319 e. The molecular formula is C17H27N3O. The lowest BCUT2D eigenvalue weighted by atomic mass is 9.87. The first-order valence-electron chi connectivity index (χ1n) is 8.05. The quantitative estimate of drug-likeness (QED) is 0.772. The van der Waals surface area contributed by atoms with Crippen molar-refractivity contribution in [3.63, 3.8) is 0 Å². The van der Waals surface area contributed by atoms with Gasteiger partial charge in [0.2, 0.25) is 0 Å². The number of hydrogen-bond donors (Lipinski definition) is 3. The van der Waals surface area contributed by atoms with E-state index in [9.17, 15) is 4.79 Å². The van der Waals surface area contributed by atoms with Gasteiger partial charge in [-0.25, -0.2) is 4.79 Å². The summed E-state index contributed by atoms with van der Waals surface area (Å²) in [5, 5.41) is 5.82. The summed E-state index contributed by atoms with van der Waals surface area (Å²) < 4.78 is 0. The predicted molar refractivity (Wildman–Crippen MR) is 87.3 cm³/mol. The molecule has 0 bridgehead atoms. The van der Waals surface area contributed by atoms with Gasteiger partial charge in [0.25, 0.3) is 0 Å². The van der Waals surface area contributed by atoms with Gasteiger partial charge in [0.15, 0.2) is 0 Å². The monoisotopic (exact) mass is 289 g/mol. The molecule has 1 aliphatic rings. The number of nitrogens with one attached hydrogen (secondary N) is 2. The number of rotatable bonds is 5. The lowest BCUT2D eigenvalue weighted by molar-refractivity contribution is 0.250. The normalized spacial score (nSPS) is 17.2. The Labute approximate surface area is 127 Å². The highest BCUT2D eigenvalue weighted by molar-refractivity contribution is 5.89. The number of anilines is 1. The van der Waals surface area contributed by atoms with Gasteiger partial charge in [-0.2, -0.15) is 0 Å². The third-order valence-corrected chi connectivity index (χ3v) is 4.23. The van der Waals surface area contributed by atoms with Crippen molar-refractivity contribution in [2.75, 3.05) is 11.9 Å². The van der Waals surface area contributed by atoms with Crippen molar-refractivity contribution in [1.82, 2.24) is 5.32 Å². The Morgan fingerprint density at radius 2 is 2.10 bits per heavy atom. The highest BCUT2D eigenvalue weighted by Gasteiger charge is 2.13. The zero-order valence-corrected chi connectivity index (χ0v) is 12.9. The third-order valence-electron chi connectivity index (χ3n) is 4.23. The summed E-state index contributed by atoms with van der Waals surface area (Å²) in [6, 6.07) is 7.53. The van der Waals surface area contributed by atoms with E-state index >= 15 is 0 Å². The van der Waals surface area contributed by atoms with Crippen LogP contribution in [0.5, 0.6) is 0 Å². The first-order valence-corrected chi connectivity index (χ1v) is 8.05. The highest BCUT2D eigenvalue weighted by Crippen LogP contribution is 2.25. The maximum absolute atomic E-state index is 11.9. The molecule has 1 aromatic carbocycles. The maximum atomic E-state index is 11.9. The summed E-state index contributed by atoms with van der Waals surface area (Å²) >= 11 is 0. The molecule has 1 fully saturated rings. The molecule has 0 heterocycles. The fraction of sp³-hybridized carbons (Fsp3) is 0.588. The minimum atomic E-state index is -0.132. The van der Waals surface area contributed by atoms with Crippen LogP contribution in [-0.2, 0) is 0 Å².